The van der Waals surface area contributed by atoms with Gasteiger partial charge in [-0.1, -0.05) is 70.4 Å². The monoisotopic (exact) mass is 472 g/mol. The fraction of sp³-hybridized carbons (Fsp3) is 0.880. The van der Waals surface area contributed by atoms with Crippen LogP contribution in [0.1, 0.15) is 84.0 Å². The van der Waals surface area contributed by atoms with E-state index in [1.54, 1.807) is 0 Å². The van der Waals surface area contributed by atoms with Crippen molar-refractivity contribution in [1.82, 2.24) is 0 Å². The van der Waals surface area contributed by atoms with E-state index >= 15 is 0 Å². The Morgan fingerprint density at radius 2 is 1.13 bits per heavy atom. The van der Waals surface area contributed by atoms with Crippen molar-refractivity contribution in [2.75, 3.05) is 7.11 Å². The first kappa shape index (κ1) is 30.6. The molecule has 0 unspecified atom stereocenters. The van der Waals surface area contributed by atoms with Gasteiger partial charge in [0.05, 0.1) is 19.3 Å². The Bertz CT molecular complexity index is 481. The van der Waals surface area contributed by atoms with Gasteiger partial charge in [-0.05, 0) is 58.5 Å². The lowest BCUT2D eigenvalue weighted by Gasteiger charge is -2.27. The SMILES string of the molecule is CCCCCCC[C@@H](/C=C/[C@H](CCCCCCC(=O)OC)O[Si](C)(C)C)O[Si](C)(C)C. The number of hydrogen-bond donors (Lipinski definition) is 0. The zero-order chi connectivity index (χ0) is 23.8. The Hall–Kier alpha value is -0.436. The van der Waals surface area contributed by atoms with Crippen LogP contribution >= 0.6 is 0 Å². The summed E-state index contributed by atoms with van der Waals surface area (Å²) in [7, 11) is -1.75. The number of esters is 1. The van der Waals surface area contributed by atoms with Gasteiger partial charge in [0.25, 0.3) is 0 Å². The van der Waals surface area contributed by atoms with Gasteiger partial charge in [0.15, 0.2) is 16.6 Å². The molecule has 0 aromatic rings. The smallest absolute Gasteiger partial charge is 0.305 e. The fourth-order valence-corrected chi connectivity index (χ4v) is 5.77. The van der Waals surface area contributed by atoms with Gasteiger partial charge in [0.1, 0.15) is 0 Å². The number of rotatable bonds is 19. The molecule has 0 rings (SSSR count). The van der Waals surface area contributed by atoms with Gasteiger partial charge in [0, 0.05) is 6.42 Å². The van der Waals surface area contributed by atoms with Crippen molar-refractivity contribution in [2.45, 2.75) is 135 Å². The van der Waals surface area contributed by atoms with E-state index in [1.165, 1.54) is 39.2 Å². The number of carbonyl (C=O) groups excluding carboxylic acids is 1. The van der Waals surface area contributed by atoms with Crippen LogP contribution in [-0.2, 0) is 18.4 Å². The summed E-state index contributed by atoms with van der Waals surface area (Å²) in [5.41, 5.74) is 0. The van der Waals surface area contributed by atoms with Gasteiger partial charge in [-0.25, -0.2) is 0 Å². The van der Waals surface area contributed by atoms with E-state index in [-0.39, 0.29) is 18.2 Å². The third kappa shape index (κ3) is 21.2. The van der Waals surface area contributed by atoms with Crippen molar-refractivity contribution >= 4 is 22.6 Å². The third-order valence-corrected chi connectivity index (χ3v) is 7.01. The van der Waals surface area contributed by atoms with Gasteiger partial charge in [0.2, 0.25) is 0 Å². The first-order chi connectivity index (χ1) is 14.5. The maximum Gasteiger partial charge on any atom is 0.305 e. The van der Waals surface area contributed by atoms with Crippen LogP contribution in [-0.4, -0.2) is 41.9 Å². The molecule has 6 heteroatoms. The Morgan fingerprint density at radius 1 is 0.710 bits per heavy atom. The standard InChI is InChI=1S/C25H52O4Si2/c1-9-10-11-12-15-18-23(28-30(3,4)5)21-22-24(29-31(6,7)8)19-16-13-14-17-20-25(26)27-2/h21-24H,9-20H2,1-8H3/b22-21+/t23-,24-/m0/s1. The second-order valence-corrected chi connectivity index (χ2v) is 19.6. The highest BCUT2D eigenvalue weighted by Crippen LogP contribution is 2.19. The summed E-state index contributed by atoms with van der Waals surface area (Å²) in [5.74, 6) is -0.106. The predicted octanol–water partition coefficient (Wildman–Crippen LogP) is 7.86. The van der Waals surface area contributed by atoms with Crippen LogP contribution in [0.15, 0.2) is 12.2 Å². The van der Waals surface area contributed by atoms with Crippen LogP contribution in [0.3, 0.4) is 0 Å². The number of carbonyl (C=O) groups is 1. The zero-order valence-electron chi connectivity index (χ0n) is 21.9. The molecule has 0 N–H and O–H groups in total. The van der Waals surface area contributed by atoms with E-state index < -0.39 is 16.6 Å². The van der Waals surface area contributed by atoms with Crippen LogP contribution in [0, 0.1) is 0 Å². The lowest BCUT2D eigenvalue weighted by atomic mass is 10.1. The van der Waals surface area contributed by atoms with E-state index in [9.17, 15) is 4.79 Å². The Kier molecular flexibility index (Phi) is 16.9. The molecule has 0 heterocycles. The quantitative estimate of drug-likeness (QED) is 0.0830. The lowest BCUT2D eigenvalue weighted by Crippen LogP contribution is -2.33. The van der Waals surface area contributed by atoms with E-state index in [0.29, 0.717) is 6.42 Å². The summed E-state index contributed by atoms with van der Waals surface area (Å²) in [6.07, 6.45) is 18.3. The molecule has 0 saturated heterocycles. The number of unbranched alkanes of at least 4 members (excludes halogenated alkanes) is 7. The summed E-state index contributed by atoms with van der Waals surface area (Å²) >= 11 is 0. The molecule has 184 valence electrons. The van der Waals surface area contributed by atoms with E-state index in [2.05, 4.69) is 58.4 Å². The highest BCUT2D eigenvalue weighted by atomic mass is 28.4. The van der Waals surface area contributed by atoms with Crippen molar-refractivity contribution in [3.8, 4) is 0 Å². The first-order valence-corrected chi connectivity index (χ1v) is 19.4. The molecule has 0 bridgehead atoms. The van der Waals surface area contributed by atoms with Crippen molar-refractivity contribution < 1.29 is 18.4 Å². The van der Waals surface area contributed by atoms with E-state index in [4.69, 9.17) is 13.6 Å². The summed E-state index contributed by atoms with van der Waals surface area (Å²) in [6, 6.07) is 0. The molecule has 0 saturated carbocycles. The molecular formula is C25H52O4Si2. The molecule has 4 nitrogen and oxygen atoms in total. The van der Waals surface area contributed by atoms with Gasteiger partial charge in [-0.2, -0.15) is 0 Å². The zero-order valence-corrected chi connectivity index (χ0v) is 23.9. The Balaban J connectivity index is 4.72. The van der Waals surface area contributed by atoms with Crippen LogP contribution in [0.5, 0.6) is 0 Å². The summed E-state index contributed by atoms with van der Waals surface area (Å²) in [6.45, 7) is 15.9. The van der Waals surface area contributed by atoms with Gasteiger partial charge < -0.3 is 13.6 Å². The molecular weight excluding hydrogens is 420 g/mol. The van der Waals surface area contributed by atoms with Crippen molar-refractivity contribution in [3.63, 3.8) is 0 Å². The van der Waals surface area contributed by atoms with Gasteiger partial charge in [-0.3, -0.25) is 4.79 Å². The van der Waals surface area contributed by atoms with Crippen LogP contribution in [0.2, 0.25) is 39.3 Å². The molecule has 0 spiro atoms. The number of methoxy groups -OCH3 is 1. The first-order valence-electron chi connectivity index (χ1n) is 12.6. The average Bonchev–Trinajstić information content (AvgIpc) is 2.65. The maximum atomic E-state index is 11.2. The van der Waals surface area contributed by atoms with E-state index in [0.717, 1.165) is 38.5 Å². The second-order valence-electron chi connectivity index (χ2n) is 10.7. The number of hydrogen-bond acceptors (Lipinski definition) is 4. The normalized spacial score (nSPS) is 14.7. The minimum atomic E-state index is -1.62. The highest BCUT2D eigenvalue weighted by Gasteiger charge is 2.22. The average molecular weight is 473 g/mol. The molecule has 0 amide bonds. The van der Waals surface area contributed by atoms with Crippen LogP contribution in [0.25, 0.3) is 0 Å². The second kappa shape index (κ2) is 17.1. The summed E-state index contributed by atoms with van der Waals surface area (Å²) in [5, 5.41) is 0. The van der Waals surface area contributed by atoms with Crippen LogP contribution < -0.4 is 0 Å². The molecule has 0 aliphatic heterocycles. The fourth-order valence-electron chi connectivity index (χ4n) is 3.56. The minimum absolute atomic E-state index is 0.106. The van der Waals surface area contributed by atoms with Gasteiger partial charge >= 0.3 is 5.97 Å². The molecule has 0 aliphatic rings. The molecule has 0 aromatic heterocycles. The molecule has 0 aliphatic carbocycles. The molecule has 0 aromatic carbocycles. The Labute approximate surface area is 195 Å². The Morgan fingerprint density at radius 3 is 1.52 bits per heavy atom. The van der Waals surface area contributed by atoms with Crippen molar-refractivity contribution in [2.24, 2.45) is 0 Å². The molecule has 2 atom stereocenters. The van der Waals surface area contributed by atoms with Crippen LogP contribution in [0.4, 0.5) is 0 Å². The molecule has 0 radical (unpaired) electrons. The molecule has 31 heavy (non-hydrogen) atoms. The topological polar surface area (TPSA) is 44.8 Å². The summed E-state index contributed by atoms with van der Waals surface area (Å²) in [4.78, 5) is 11.2. The summed E-state index contributed by atoms with van der Waals surface area (Å²) < 4.78 is 17.7. The lowest BCUT2D eigenvalue weighted by molar-refractivity contribution is -0.140. The van der Waals surface area contributed by atoms with Crippen molar-refractivity contribution in [1.29, 1.82) is 0 Å². The highest BCUT2D eigenvalue weighted by molar-refractivity contribution is 6.70. The molecule has 0 fully saturated rings. The van der Waals surface area contributed by atoms with Gasteiger partial charge in [-0.15, -0.1) is 0 Å². The third-order valence-electron chi connectivity index (χ3n) is 4.99. The predicted molar refractivity (Wildman–Crippen MR) is 139 cm³/mol. The largest absolute Gasteiger partial charge is 0.469 e. The maximum absolute atomic E-state index is 11.2. The number of ether oxygens (including phenoxy) is 1. The minimum Gasteiger partial charge on any atom is -0.469 e. The van der Waals surface area contributed by atoms with E-state index in [1.807, 2.05) is 0 Å². The van der Waals surface area contributed by atoms with Crippen molar-refractivity contribution in [3.05, 3.63) is 12.2 Å².